The SMILES string of the molecule is N=Cc1c(NC2CCOCC2)nc(Cc2ccccc2-c2ccncc2)[nH]c1=O. The molecule has 1 saturated heterocycles. The molecule has 1 aliphatic heterocycles. The van der Waals surface area contributed by atoms with Crippen molar-refractivity contribution >= 4 is 12.0 Å². The summed E-state index contributed by atoms with van der Waals surface area (Å²) in [6.07, 6.45) is 6.77. The molecule has 0 unspecified atom stereocenters. The molecular formula is C22H23N5O2. The number of nitrogens with one attached hydrogen (secondary N) is 3. The van der Waals surface area contributed by atoms with Crippen molar-refractivity contribution in [1.29, 1.82) is 5.41 Å². The number of aromatic amines is 1. The second kappa shape index (κ2) is 8.79. The first-order valence-corrected chi connectivity index (χ1v) is 9.71. The second-order valence-corrected chi connectivity index (χ2v) is 7.02. The third-order valence-corrected chi connectivity index (χ3v) is 5.08. The van der Waals surface area contributed by atoms with Crippen LogP contribution in [0.15, 0.2) is 53.6 Å². The summed E-state index contributed by atoms with van der Waals surface area (Å²) in [7, 11) is 0. The average Bonchev–Trinajstić information content (AvgIpc) is 2.75. The van der Waals surface area contributed by atoms with Gasteiger partial charge in [0, 0.05) is 44.3 Å². The Morgan fingerprint density at radius 1 is 1.17 bits per heavy atom. The predicted octanol–water partition coefficient (Wildman–Crippen LogP) is 3.01. The Balaban J connectivity index is 1.66. The number of hydrogen-bond donors (Lipinski definition) is 3. The van der Waals surface area contributed by atoms with Crippen molar-refractivity contribution in [2.45, 2.75) is 25.3 Å². The van der Waals surface area contributed by atoms with Crippen molar-refractivity contribution in [2.75, 3.05) is 18.5 Å². The third kappa shape index (κ3) is 4.41. The van der Waals surface area contributed by atoms with E-state index in [1.54, 1.807) is 12.4 Å². The molecule has 0 atom stereocenters. The van der Waals surface area contributed by atoms with E-state index in [-0.39, 0.29) is 17.2 Å². The Labute approximate surface area is 168 Å². The van der Waals surface area contributed by atoms with Crippen molar-refractivity contribution in [3.63, 3.8) is 0 Å². The molecule has 0 amide bonds. The molecule has 0 bridgehead atoms. The molecule has 1 fully saturated rings. The Hall–Kier alpha value is -3.32. The van der Waals surface area contributed by atoms with E-state index in [2.05, 4.69) is 26.3 Å². The third-order valence-electron chi connectivity index (χ3n) is 5.08. The van der Waals surface area contributed by atoms with Gasteiger partial charge in [0.2, 0.25) is 0 Å². The van der Waals surface area contributed by atoms with Crippen molar-refractivity contribution in [3.05, 3.63) is 76.1 Å². The molecule has 2 aromatic heterocycles. The van der Waals surface area contributed by atoms with Crippen LogP contribution >= 0.6 is 0 Å². The summed E-state index contributed by atoms with van der Waals surface area (Å²) in [6, 6.07) is 12.2. The van der Waals surface area contributed by atoms with E-state index in [1.165, 1.54) is 0 Å². The standard InChI is InChI=1S/C22H23N5O2/c23-14-19-21(25-17-7-11-29-12-8-17)26-20(27-22(19)28)13-16-3-1-2-4-18(16)15-5-9-24-10-6-15/h1-6,9-10,14,17,23H,7-8,11-13H2,(H2,25,26,27,28). The number of anilines is 1. The van der Waals surface area contributed by atoms with Gasteiger partial charge in [-0.3, -0.25) is 9.78 Å². The number of hydrogen-bond acceptors (Lipinski definition) is 6. The maximum absolute atomic E-state index is 12.6. The first-order chi connectivity index (χ1) is 14.2. The molecule has 148 valence electrons. The molecule has 1 aliphatic rings. The van der Waals surface area contributed by atoms with Crippen LogP contribution in [0.3, 0.4) is 0 Å². The minimum atomic E-state index is -0.305. The molecule has 3 aromatic rings. The second-order valence-electron chi connectivity index (χ2n) is 7.02. The fraction of sp³-hybridized carbons (Fsp3) is 0.273. The number of benzene rings is 1. The van der Waals surface area contributed by atoms with Crippen molar-refractivity contribution in [2.24, 2.45) is 0 Å². The molecule has 0 spiro atoms. The molecule has 0 saturated carbocycles. The molecule has 0 radical (unpaired) electrons. The van der Waals surface area contributed by atoms with Gasteiger partial charge in [0.15, 0.2) is 0 Å². The Kier molecular flexibility index (Phi) is 5.76. The number of rotatable bonds is 6. The first-order valence-electron chi connectivity index (χ1n) is 9.71. The van der Waals surface area contributed by atoms with E-state index in [0.29, 0.717) is 31.3 Å². The smallest absolute Gasteiger partial charge is 0.261 e. The monoisotopic (exact) mass is 389 g/mol. The highest BCUT2D eigenvalue weighted by molar-refractivity contribution is 5.83. The lowest BCUT2D eigenvalue weighted by molar-refractivity contribution is 0.0904. The Bertz CT molecular complexity index is 1040. The van der Waals surface area contributed by atoms with E-state index >= 15 is 0 Å². The van der Waals surface area contributed by atoms with Gasteiger partial charge in [-0.1, -0.05) is 24.3 Å². The van der Waals surface area contributed by atoms with E-state index in [1.807, 2.05) is 30.3 Å². The van der Waals surface area contributed by atoms with Crippen molar-refractivity contribution in [1.82, 2.24) is 15.0 Å². The largest absolute Gasteiger partial charge is 0.381 e. The molecule has 7 heteroatoms. The predicted molar refractivity (Wildman–Crippen MR) is 113 cm³/mol. The summed E-state index contributed by atoms with van der Waals surface area (Å²) in [5.74, 6) is 1.03. The summed E-state index contributed by atoms with van der Waals surface area (Å²) >= 11 is 0. The number of pyridine rings is 1. The van der Waals surface area contributed by atoms with Crippen molar-refractivity contribution < 1.29 is 4.74 Å². The van der Waals surface area contributed by atoms with E-state index in [9.17, 15) is 4.79 Å². The summed E-state index contributed by atoms with van der Waals surface area (Å²) in [6.45, 7) is 1.37. The van der Waals surface area contributed by atoms with Crippen LogP contribution in [0.5, 0.6) is 0 Å². The van der Waals surface area contributed by atoms with Crippen molar-refractivity contribution in [3.8, 4) is 11.1 Å². The average molecular weight is 389 g/mol. The summed E-state index contributed by atoms with van der Waals surface area (Å²) in [4.78, 5) is 24.1. The lowest BCUT2D eigenvalue weighted by Gasteiger charge is -2.24. The highest BCUT2D eigenvalue weighted by atomic mass is 16.5. The molecule has 4 rings (SSSR count). The van der Waals surface area contributed by atoms with Crippen LogP contribution in [-0.2, 0) is 11.2 Å². The minimum Gasteiger partial charge on any atom is -0.381 e. The molecule has 3 N–H and O–H groups in total. The lowest BCUT2D eigenvalue weighted by Crippen LogP contribution is -2.30. The van der Waals surface area contributed by atoms with E-state index in [4.69, 9.17) is 10.1 Å². The number of H-pyrrole nitrogens is 1. The van der Waals surface area contributed by atoms with E-state index in [0.717, 1.165) is 35.7 Å². The zero-order valence-electron chi connectivity index (χ0n) is 16.0. The maximum Gasteiger partial charge on any atom is 0.261 e. The Morgan fingerprint density at radius 3 is 2.69 bits per heavy atom. The minimum absolute atomic E-state index is 0.189. The van der Waals surface area contributed by atoms with Gasteiger partial charge in [-0.2, -0.15) is 0 Å². The van der Waals surface area contributed by atoms with Crippen LogP contribution in [0, 0.1) is 5.41 Å². The normalized spacial score (nSPS) is 14.5. The van der Waals surface area contributed by atoms with E-state index < -0.39 is 0 Å². The lowest BCUT2D eigenvalue weighted by atomic mass is 9.98. The van der Waals surface area contributed by atoms with Gasteiger partial charge in [0.25, 0.3) is 5.56 Å². The van der Waals surface area contributed by atoms with Crippen LogP contribution in [0.2, 0.25) is 0 Å². The van der Waals surface area contributed by atoms with Gasteiger partial charge in [-0.25, -0.2) is 4.98 Å². The van der Waals surface area contributed by atoms with Gasteiger partial charge in [-0.15, -0.1) is 0 Å². The van der Waals surface area contributed by atoms with Crippen LogP contribution in [0.1, 0.15) is 29.8 Å². The Morgan fingerprint density at radius 2 is 1.93 bits per heavy atom. The quantitative estimate of drug-likeness (QED) is 0.562. The zero-order chi connectivity index (χ0) is 20.1. The van der Waals surface area contributed by atoms with Crippen LogP contribution in [0.25, 0.3) is 11.1 Å². The number of ether oxygens (including phenoxy) is 1. The molecule has 3 heterocycles. The summed E-state index contributed by atoms with van der Waals surface area (Å²) in [5, 5.41) is 11.0. The fourth-order valence-corrected chi connectivity index (χ4v) is 3.56. The highest BCUT2D eigenvalue weighted by Gasteiger charge is 2.18. The molecule has 7 nitrogen and oxygen atoms in total. The van der Waals surface area contributed by atoms with Gasteiger partial charge in [0.05, 0.1) is 5.56 Å². The zero-order valence-corrected chi connectivity index (χ0v) is 16.0. The number of aromatic nitrogens is 3. The number of nitrogens with zero attached hydrogens (tertiary/aromatic N) is 2. The fourth-order valence-electron chi connectivity index (χ4n) is 3.56. The topological polar surface area (TPSA) is 104 Å². The molecule has 29 heavy (non-hydrogen) atoms. The summed E-state index contributed by atoms with van der Waals surface area (Å²) in [5.41, 5.74) is 3.15. The summed E-state index contributed by atoms with van der Waals surface area (Å²) < 4.78 is 5.40. The maximum atomic E-state index is 12.6. The molecule has 0 aliphatic carbocycles. The van der Waals surface area contributed by atoms with Gasteiger partial charge >= 0.3 is 0 Å². The molecular weight excluding hydrogens is 366 g/mol. The van der Waals surface area contributed by atoms with Crippen LogP contribution in [0.4, 0.5) is 5.82 Å². The van der Waals surface area contributed by atoms with Gasteiger partial charge in [0.1, 0.15) is 11.6 Å². The van der Waals surface area contributed by atoms with Gasteiger partial charge < -0.3 is 20.4 Å². The highest BCUT2D eigenvalue weighted by Crippen LogP contribution is 2.25. The first kappa shape index (κ1) is 19.0. The van der Waals surface area contributed by atoms with Crippen LogP contribution < -0.4 is 10.9 Å². The molecule has 1 aromatic carbocycles. The van der Waals surface area contributed by atoms with Gasteiger partial charge in [-0.05, 0) is 41.7 Å². The van der Waals surface area contributed by atoms with Crippen LogP contribution in [-0.4, -0.2) is 40.4 Å².